The Hall–Kier alpha value is -4.47. The maximum absolute atomic E-state index is 8.32. The largest absolute Gasteiger partial charge is 0.491 e. The van der Waals surface area contributed by atoms with E-state index < -0.39 is 0 Å². The monoisotopic (exact) mass is 1200 g/mol. The summed E-state index contributed by atoms with van der Waals surface area (Å²) in [5.74, 6) is 1.57. The average Bonchev–Trinajstić information content (AvgIpc) is 2.03. The number of hydrogen-bond donors (Lipinski definition) is 0. The SMILES string of the molecule is COCCOCCOCCOCCOc1ccc2c(c1)C(C)(C)C(/C=C/C=C/C=C1/N(CCOCCOCCOCCOC)c3ccc(OCCOCCOCCOCCOCCN=[N+]=[N-])cc3C1(C)C)N2CCOCCOCCOCCOC. The molecule has 0 fully saturated rings. The van der Waals surface area contributed by atoms with Gasteiger partial charge >= 0.3 is 0 Å². The molecule has 23 heteroatoms. The fourth-order valence-electron chi connectivity index (χ4n) is 9.26. The van der Waals surface area contributed by atoms with Gasteiger partial charge in [0.1, 0.15) is 24.7 Å². The van der Waals surface area contributed by atoms with Gasteiger partial charge in [0, 0.05) is 73.8 Å². The molecular formula is C62H101N5O18. The minimum absolute atomic E-state index is 0.0179. The minimum atomic E-state index is -0.360. The summed E-state index contributed by atoms with van der Waals surface area (Å²) in [5, 5.41) is 3.43. The van der Waals surface area contributed by atoms with Gasteiger partial charge in [0.25, 0.3) is 0 Å². The van der Waals surface area contributed by atoms with Crippen LogP contribution < -0.4 is 19.3 Å². The maximum atomic E-state index is 8.32. The highest BCUT2D eigenvalue weighted by Crippen LogP contribution is 2.49. The molecule has 85 heavy (non-hydrogen) atoms. The molecule has 4 rings (SSSR count). The number of hydrogen-bond acceptors (Lipinski definition) is 21. The molecule has 1 atom stereocenters. The predicted octanol–water partition coefficient (Wildman–Crippen LogP) is 7.17. The summed E-state index contributed by atoms with van der Waals surface area (Å²) >= 11 is 0. The normalized spacial score (nSPS) is 15.7. The molecule has 0 N–H and O–H groups in total. The fraction of sp³-hybridized carbons (Fsp3) is 0.710. The Morgan fingerprint density at radius 1 is 0.435 bits per heavy atom. The number of allylic oxidation sites excluding steroid dienone is 5. The quantitative estimate of drug-likeness (QED) is 0.0211. The third-order valence-corrected chi connectivity index (χ3v) is 13.7. The highest BCUT2D eigenvalue weighted by molar-refractivity contribution is 5.72. The summed E-state index contributed by atoms with van der Waals surface area (Å²) in [6.45, 7) is 25.7. The molecule has 0 spiro atoms. The number of azide groups is 1. The number of anilines is 2. The standard InChI is InChI=1S/C62H101N5O18/c1-61(2)55-51-53(84-49-47-82-45-43-80-40-37-76-28-25-70-7)13-15-57(55)66(18-21-72-30-33-78-38-35-74-26-23-68-5)59(61)11-9-8-10-12-60-62(3,4)56-52-54(85-50-48-83-46-44-81-42-41-77-32-29-71-20-17-64-65-63)14-16-58(56)67(60)19-22-73-31-34-79-39-36-75-27-24-69-6/h8-16,51-52,59H,17-50H2,1-7H3/b10-8+,11-9+,60-12+. The van der Waals surface area contributed by atoms with Gasteiger partial charge in [0.2, 0.25) is 0 Å². The van der Waals surface area contributed by atoms with E-state index in [2.05, 4.69) is 102 Å². The second-order valence-electron chi connectivity index (χ2n) is 20.4. The molecule has 2 heterocycles. The molecule has 0 saturated carbocycles. The Bertz CT molecular complexity index is 2160. The molecule has 1 unspecified atom stereocenters. The third kappa shape index (κ3) is 29.4. The lowest BCUT2D eigenvalue weighted by atomic mass is 9.80. The van der Waals surface area contributed by atoms with Crippen molar-refractivity contribution >= 4 is 11.4 Å². The summed E-state index contributed by atoms with van der Waals surface area (Å²) in [6, 6.07) is 12.7. The number of methoxy groups -OCH3 is 3. The zero-order valence-electron chi connectivity index (χ0n) is 52.1. The van der Waals surface area contributed by atoms with Gasteiger partial charge in [-0.15, -0.1) is 0 Å². The molecule has 482 valence electrons. The molecule has 2 aromatic rings. The van der Waals surface area contributed by atoms with Crippen molar-refractivity contribution in [3.63, 3.8) is 0 Å². The molecule has 23 nitrogen and oxygen atoms in total. The van der Waals surface area contributed by atoms with Gasteiger partial charge in [-0.25, -0.2) is 0 Å². The molecule has 2 aromatic carbocycles. The lowest BCUT2D eigenvalue weighted by molar-refractivity contribution is -0.00386. The topological polar surface area (TPSA) is 221 Å². The lowest BCUT2D eigenvalue weighted by Gasteiger charge is -2.32. The zero-order chi connectivity index (χ0) is 60.7. The van der Waals surface area contributed by atoms with E-state index in [1.54, 1.807) is 21.3 Å². The van der Waals surface area contributed by atoms with Crippen molar-refractivity contribution in [2.75, 3.05) is 256 Å². The molecule has 0 aliphatic carbocycles. The zero-order valence-corrected chi connectivity index (χ0v) is 52.1. The van der Waals surface area contributed by atoms with Crippen molar-refractivity contribution in [1.82, 2.24) is 0 Å². The third-order valence-electron chi connectivity index (χ3n) is 13.7. The van der Waals surface area contributed by atoms with E-state index in [1.165, 1.54) is 5.56 Å². The van der Waals surface area contributed by atoms with Crippen molar-refractivity contribution in [2.45, 2.75) is 44.6 Å². The Kier molecular flexibility index (Phi) is 40.1. The van der Waals surface area contributed by atoms with Gasteiger partial charge in [-0.05, 0) is 59.1 Å². The first-order valence-corrected chi connectivity index (χ1v) is 29.8. The van der Waals surface area contributed by atoms with Crippen molar-refractivity contribution < 1.29 is 85.3 Å². The van der Waals surface area contributed by atoms with Crippen LogP contribution in [0.1, 0.15) is 38.8 Å². The van der Waals surface area contributed by atoms with Crippen LogP contribution in [0.5, 0.6) is 11.5 Å². The van der Waals surface area contributed by atoms with Crippen LogP contribution in [0.4, 0.5) is 11.4 Å². The van der Waals surface area contributed by atoms with Crippen LogP contribution in [0.25, 0.3) is 10.4 Å². The molecule has 0 radical (unpaired) electrons. The summed E-state index contributed by atoms with van der Waals surface area (Å²) < 4.78 is 101. The van der Waals surface area contributed by atoms with Crippen LogP contribution in [0.15, 0.2) is 77.6 Å². The maximum Gasteiger partial charge on any atom is 0.119 e. The molecular weight excluding hydrogens is 1100 g/mol. The highest BCUT2D eigenvalue weighted by atomic mass is 16.6. The first-order chi connectivity index (χ1) is 41.7. The molecule has 2 aliphatic heterocycles. The smallest absolute Gasteiger partial charge is 0.119 e. The Balaban J connectivity index is 1.38. The summed E-state index contributed by atoms with van der Waals surface area (Å²) in [4.78, 5) is 7.47. The van der Waals surface area contributed by atoms with Crippen LogP contribution >= 0.6 is 0 Å². The van der Waals surface area contributed by atoms with Crippen LogP contribution in [0, 0.1) is 0 Å². The van der Waals surface area contributed by atoms with E-state index in [0.29, 0.717) is 224 Å². The Labute approximate surface area is 505 Å². The van der Waals surface area contributed by atoms with Gasteiger partial charge in [-0.1, -0.05) is 57.1 Å². The molecule has 2 aliphatic rings. The van der Waals surface area contributed by atoms with Gasteiger partial charge in [0.05, 0.1) is 198 Å². The predicted molar refractivity (Wildman–Crippen MR) is 325 cm³/mol. The van der Waals surface area contributed by atoms with Crippen molar-refractivity contribution in [1.29, 1.82) is 0 Å². The molecule has 0 aromatic heterocycles. The summed E-state index contributed by atoms with van der Waals surface area (Å²) in [5.41, 5.74) is 13.4. The molecule has 0 amide bonds. The van der Waals surface area contributed by atoms with Crippen LogP contribution in [0.2, 0.25) is 0 Å². The first kappa shape index (κ1) is 73.0. The van der Waals surface area contributed by atoms with Crippen LogP contribution in [-0.4, -0.2) is 252 Å². The van der Waals surface area contributed by atoms with Crippen LogP contribution in [-0.2, 0) is 86.6 Å². The average molecular weight is 1200 g/mol. The summed E-state index contributed by atoms with van der Waals surface area (Å²) in [6.07, 6.45) is 10.9. The first-order valence-electron chi connectivity index (χ1n) is 29.8. The number of fused-ring (bicyclic) bond motifs is 2. The van der Waals surface area contributed by atoms with E-state index in [4.69, 9.17) is 90.8 Å². The van der Waals surface area contributed by atoms with Crippen molar-refractivity contribution in [3.8, 4) is 11.5 Å². The van der Waals surface area contributed by atoms with Crippen molar-refractivity contribution in [2.24, 2.45) is 5.11 Å². The van der Waals surface area contributed by atoms with Crippen LogP contribution in [0.3, 0.4) is 0 Å². The molecule has 0 saturated heterocycles. The Morgan fingerprint density at radius 3 is 1.25 bits per heavy atom. The Morgan fingerprint density at radius 2 is 0.812 bits per heavy atom. The van der Waals surface area contributed by atoms with Gasteiger partial charge < -0.3 is 95.1 Å². The van der Waals surface area contributed by atoms with Crippen molar-refractivity contribution in [3.05, 3.63) is 94.0 Å². The second-order valence-corrected chi connectivity index (χ2v) is 20.4. The van der Waals surface area contributed by atoms with Gasteiger partial charge in [0.15, 0.2) is 0 Å². The number of benzene rings is 2. The number of rotatable bonds is 56. The number of nitrogens with zero attached hydrogens (tertiary/aromatic N) is 5. The highest BCUT2D eigenvalue weighted by Gasteiger charge is 2.43. The molecule has 0 bridgehead atoms. The summed E-state index contributed by atoms with van der Waals surface area (Å²) in [7, 11) is 4.96. The van der Waals surface area contributed by atoms with E-state index in [9.17, 15) is 0 Å². The van der Waals surface area contributed by atoms with Gasteiger partial charge in [-0.3, -0.25) is 0 Å². The lowest BCUT2D eigenvalue weighted by Crippen LogP contribution is -2.41. The van der Waals surface area contributed by atoms with E-state index in [1.807, 2.05) is 12.1 Å². The second kappa shape index (κ2) is 46.7. The van der Waals surface area contributed by atoms with Gasteiger partial charge in [-0.2, -0.15) is 0 Å². The van der Waals surface area contributed by atoms with E-state index >= 15 is 0 Å². The number of ether oxygens (including phenoxy) is 18. The van der Waals surface area contributed by atoms with E-state index in [0.717, 1.165) is 34.1 Å². The fourth-order valence-corrected chi connectivity index (χ4v) is 9.26. The minimum Gasteiger partial charge on any atom is -0.491 e. The van der Waals surface area contributed by atoms with E-state index in [-0.39, 0.29) is 16.9 Å².